The molecule has 3 rings (SSSR count). The lowest BCUT2D eigenvalue weighted by Crippen LogP contribution is -2.10. The van der Waals surface area contributed by atoms with Gasteiger partial charge >= 0.3 is 0 Å². The highest BCUT2D eigenvalue weighted by molar-refractivity contribution is 7.99. The molecule has 0 saturated heterocycles. The molecule has 0 amide bonds. The molecule has 0 bridgehead atoms. The SMILES string of the molecule is CNC1=C(c2cccc(SC(F)F)c2)C(=O)C(c2ccccc2)O1. The fraction of sp³-hybridized carbons (Fsp3) is 0.167. The van der Waals surface area contributed by atoms with Gasteiger partial charge in [-0.05, 0) is 17.7 Å². The van der Waals surface area contributed by atoms with E-state index in [0.717, 1.165) is 5.56 Å². The van der Waals surface area contributed by atoms with Crippen LogP contribution < -0.4 is 5.32 Å². The van der Waals surface area contributed by atoms with Crippen LogP contribution in [0.1, 0.15) is 17.2 Å². The minimum atomic E-state index is -2.51. The zero-order valence-corrected chi connectivity index (χ0v) is 13.6. The summed E-state index contributed by atoms with van der Waals surface area (Å²) >= 11 is 0.450. The summed E-state index contributed by atoms with van der Waals surface area (Å²) in [6.07, 6.45) is -0.727. The van der Waals surface area contributed by atoms with Crippen molar-refractivity contribution < 1.29 is 18.3 Å². The second-order valence-electron chi connectivity index (χ2n) is 5.13. The summed E-state index contributed by atoms with van der Waals surface area (Å²) in [6.45, 7) is 0. The van der Waals surface area contributed by atoms with Crippen molar-refractivity contribution in [3.05, 3.63) is 71.6 Å². The number of carbonyl (C=O) groups is 1. The van der Waals surface area contributed by atoms with Gasteiger partial charge < -0.3 is 10.1 Å². The summed E-state index contributed by atoms with van der Waals surface area (Å²) in [7, 11) is 1.66. The van der Waals surface area contributed by atoms with Gasteiger partial charge in [0.15, 0.2) is 12.0 Å². The molecule has 24 heavy (non-hydrogen) atoms. The maximum atomic E-state index is 12.8. The van der Waals surface area contributed by atoms with Gasteiger partial charge in [-0.2, -0.15) is 8.78 Å². The van der Waals surface area contributed by atoms with E-state index in [1.807, 2.05) is 30.3 Å². The lowest BCUT2D eigenvalue weighted by molar-refractivity contribution is -0.120. The Hall–Kier alpha value is -2.34. The van der Waals surface area contributed by atoms with Crippen LogP contribution in [0.25, 0.3) is 5.57 Å². The number of carbonyl (C=O) groups excluding carboxylic acids is 1. The molecule has 0 spiro atoms. The summed E-state index contributed by atoms with van der Waals surface area (Å²) < 4.78 is 30.9. The summed E-state index contributed by atoms with van der Waals surface area (Å²) in [6, 6.07) is 15.7. The molecule has 0 fully saturated rings. The molecule has 0 aromatic heterocycles. The number of hydrogen-bond acceptors (Lipinski definition) is 4. The quantitative estimate of drug-likeness (QED) is 0.822. The van der Waals surface area contributed by atoms with Crippen molar-refractivity contribution in [2.45, 2.75) is 16.8 Å². The van der Waals surface area contributed by atoms with Gasteiger partial charge in [0, 0.05) is 17.5 Å². The average Bonchev–Trinajstić information content (AvgIpc) is 2.92. The molecule has 1 N–H and O–H groups in total. The first-order chi connectivity index (χ1) is 11.6. The van der Waals surface area contributed by atoms with Crippen molar-refractivity contribution in [2.75, 3.05) is 7.05 Å². The Morgan fingerprint density at radius 1 is 1.12 bits per heavy atom. The first kappa shape index (κ1) is 16.5. The Balaban J connectivity index is 1.95. The lowest BCUT2D eigenvalue weighted by atomic mass is 9.97. The third kappa shape index (κ3) is 3.28. The molecule has 124 valence electrons. The van der Waals surface area contributed by atoms with Crippen LogP contribution in [-0.4, -0.2) is 18.6 Å². The fourth-order valence-corrected chi connectivity index (χ4v) is 3.16. The summed E-state index contributed by atoms with van der Waals surface area (Å²) in [5.74, 6) is -2.34. The zero-order chi connectivity index (χ0) is 17.1. The maximum Gasteiger partial charge on any atom is 0.288 e. The monoisotopic (exact) mass is 347 g/mol. The number of Topliss-reactive ketones (excluding diaryl/α,β-unsaturated/α-hetero) is 1. The molecule has 1 aliphatic rings. The van der Waals surface area contributed by atoms with E-state index >= 15 is 0 Å². The van der Waals surface area contributed by atoms with Crippen molar-refractivity contribution in [3.63, 3.8) is 0 Å². The van der Waals surface area contributed by atoms with E-state index in [1.165, 1.54) is 0 Å². The zero-order valence-electron chi connectivity index (χ0n) is 12.8. The number of hydrogen-bond donors (Lipinski definition) is 1. The van der Waals surface area contributed by atoms with Crippen molar-refractivity contribution in [1.29, 1.82) is 0 Å². The molecule has 3 nitrogen and oxygen atoms in total. The second-order valence-corrected chi connectivity index (χ2v) is 6.20. The fourth-order valence-electron chi connectivity index (χ4n) is 2.61. The Morgan fingerprint density at radius 2 is 1.88 bits per heavy atom. The highest BCUT2D eigenvalue weighted by atomic mass is 32.2. The molecule has 2 aromatic rings. The number of benzene rings is 2. The van der Waals surface area contributed by atoms with E-state index in [0.29, 0.717) is 33.7 Å². The predicted molar refractivity (Wildman–Crippen MR) is 89.6 cm³/mol. The molecule has 1 atom stereocenters. The summed E-state index contributed by atoms with van der Waals surface area (Å²) in [5.41, 5.74) is 1.69. The Bertz CT molecular complexity index is 778. The number of nitrogens with one attached hydrogen (secondary N) is 1. The lowest BCUT2D eigenvalue weighted by Gasteiger charge is -2.11. The maximum absolute atomic E-state index is 12.8. The van der Waals surface area contributed by atoms with Crippen LogP contribution in [0.15, 0.2) is 65.4 Å². The van der Waals surface area contributed by atoms with Gasteiger partial charge in [-0.25, -0.2) is 0 Å². The van der Waals surface area contributed by atoms with E-state index in [2.05, 4.69) is 5.32 Å². The van der Waals surface area contributed by atoms with Gasteiger partial charge in [-0.15, -0.1) is 0 Å². The van der Waals surface area contributed by atoms with Gasteiger partial charge in [0.2, 0.25) is 5.78 Å². The Morgan fingerprint density at radius 3 is 2.54 bits per heavy atom. The van der Waals surface area contributed by atoms with Crippen LogP contribution in [0.3, 0.4) is 0 Å². The van der Waals surface area contributed by atoms with Gasteiger partial charge in [-0.3, -0.25) is 4.79 Å². The van der Waals surface area contributed by atoms with E-state index in [9.17, 15) is 13.6 Å². The predicted octanol–water partition coefficient (Wildman–Crippen LogP) is 4.23. The molecule has 1 aliphatic heterocycles. The molecular weight excluding hydrogens is 332 g/mol. The molecule has 2 aromatic carbocycles. The first-order valence-corrected chi connectivity index (χ1v) is 8.21. The van der Waals surface area contributed by atoms with E-state index in [1.54, 1.807) is 31.3 Å². The van der Waals surface area contributed by atoms with Crippen molar-refractivity contribution in [3.8, 4) is 0 Å². The van der Waals surface area contributed by atoms with E-state index in [-0.39, 0.29) is 5.78 Å². The second kappa shape index (κ2) is 7.05. The molecule has 6 heteroatoms. The van der Waals surface area contributed by atoms with Crippen LogP contribution in [-0.2, 0) is 9.53 Å². The number of thioether (sulfide) groups is 1. The number of ketones is 1. The van der Waals surface area contributed by atoms with Gasteiger partial charge in [0.25, 0.3) is 5.76 Å². The number of alkyl halides is 2. The van der Waals surface area contributed by atoms with Crippen LogP contribution in [0, 0.1) is 0 Å². The standard InChI is InChI=1S/C18H15F2NO2S/c1-21-17-14(12-8-5-9-13(10-12)24-18(19)20)15(22)16(23-17)11-6-3-2-4-7-11/h2-10,16,18,21H,1H3. The molecule has 0 saturated carbocycles. The third-order valence-corrected chi connectivity index (χ3v) is 4.33. The van der Waals surface area contributed by atoms with E-state index in [4.69, 9.17) is 4.74 Å². The smallest absolute Gasteiger partial charge is 0.288 e. The van der Waals surface area contributed by atoms with Gasteiger partial charge in [0.1, 0.15) is 0 Å². The van der Waals surface area contributed by atoms with Crippen molar-refractivity contribution in [2.24, 2.45) is 0 Å². The van der Waals surface area contributed by atoms with Crippen LogP contribution in [0.4, 0.5) is 8.78 Å². The Kier molecular flexibility index (Phi) is 4.85. The molecule has 1 unspecified atom stereocenters. The van der Waals surface area contributed by atoms with Gasteiger partial charge in [-0.1, -0.05) is 54.2 Å². The third-order valence-electron chi connectivity index (χ3n) is 3.62. The number of ether oxygens (including phenoxy) is 1. The normalized spacial score (nSPS) is 17.3. The largest absolute Gasteiger partial charge is 0.462 e. The van der Waals surface area contributed by atoms with Crippen molar-refractivity contribution >= 4 is 23.1 Å². The highest BCUT2D eigenvalue weighted by Gasteiger charge is 2.36. The van der Waals surface area contributed by atoms with E-state index < -0.39 is 11.9 Å². The van der Waals surface area contributed by atoms with Crippen LogP contribution >= 0.6 is 11.8 Å². The first-order valence-electron chi connectivity index (χ1n) is 7.33. The van der Waals surface area contributed by atoms with Crippen molar-refractivity contribution in [1.82, 2.24) is 5.32 Å². The molecular formula is C18H15F2NO2S. The highest BCUT2D eigenvalue weighted by Crippen LogP contribution is 2.38. The summed E-state index contributed by atoms with van der Waals surface area (Å²) in [5, 5.41) is 2.88. The minimum Gasteiger partial charge on any atom is -0.462 e. The number of rotatable bonds is 5. The van der Waals surface area contributed by atoms with Crippen LogP contribution in [0.5, 0.6) is 0 Å². The Labute approximate surface area is 142 Å². The molecule has 0 radical (unpaired) electrons. The van der Waals surface area contributed by atoms with Crippen LogP contribution in [0.2, 0.25) is 0 Å². The molecule has 0 aliphatic carbocycles. The number of halogens is 2. The topological polar surface area (TPSA) is 38.3 Å². The minimum absolute atomic E-state index is 0.190. The summed E-state index contributed by atoms with van der Waals surface area (Å²) in [4.78, 5) is 13.2. The van der Waals surface area contributed by atoms with Gasteiger partial charge in [0.05, 0.1) is 5.57 Å². The average molecular weight is 347 g/mol. The molecule has 1 heterocycles.